The molecule has 3 aromatic rings. The van der Waals surface area contributed by atoms with Crippen LogP contribution < -0.4 is 14.8 Å². The number of para-hydroxylation sites is 1. The van der Waals surface area contributed by atoms with Gasteiger partial charge in [-0.2, -0.15) is 0 Å². The Balaban J connectivity index is 1.35. The van der Waals surface area contributed by atoms with Gasteiger partial charge in [0.1, 0.15) is 6.61 Å². The molecule has 1 fully saturated rings. The van der Waals surface area contributed by atoms with E-state index in [1.807, 2.05) is 31.2 Å². The van der Waals surface area contributed by atoms with E-state index >= 15 is 0 Å². The van der Waals surface area contributed by atoms with Crippen LogP contribution in [0.3, 0.4) is 0 Å². The number of benzene rings is 3. The van der Waals surface area contributed by atoms with Gasteiger partial charge in [-0.25, -0.2) is 0 Å². The number of nitrogens with one attached hydrogen (secondary N) is 1. The van der Waals surface area contributed by atoms with Crippen molar-refractivity contribution in [3.63, 3.8) is 0 Å². The molecule has 4 nitrogen and oxygen atoms in total. The zero-order valence-electron chi connectivity index (χ0n) is 19.6. The minimum absolute atomic E-state index is 0.352. The second-order valence-electron chi connectivity index (χ2n) is 8.62. The monoisotopic (exact) mass is 498 g/mol. The van der Waals surface area contributed by atoms with Crippen LogP contribution in [0.1, 0.15) is 36.5 Å². The lowest BCUT2D eigenvalue weighted by Crippen LogP contribution is -2.41. The summed E-state index contributed by atoms with van der Waals surface area (Å²) in [5, 5.41) is 4.96. The number of piperidine rings is 1. The molecule has 4 rings (SSSR count). The van der Waals surface area contributed by atoms with E-state index in [0.717, 1.165) is 61.6 Å². The van der Waals surface area contributed by atoms with E-state index in [9.17, 15) is 0 Å². The van der Waals surface area contributed by atoms with E-state index in [1.165, 1.54) is 5.56 Å². The second kappa shape index (κ2) is 12.5. The first-order chi connectivity index (χ1) is 16.6. The summed E-state index contributed by atoms with van der Waals surface area (Å²) in [4.78, 5) is 2.54. The molecule has 1 aliphatic rings. The predicted octanol–water partition coefficient (Wildman–Crippen LogP) is 6.73. The van der Waals surface area contributed by atoms with Crippen LogP contribution in [0.25, 0.3) is 0 Å². The molecule has 1 heterocycles. The molecule has 1 aliphatic heterocycles. The highest BCUT2D eigenvalue weighted by molar-refractivity contribution is 6.35. The molecule has 0 amide bonds. The van der Waals surface area contributed by atoms with Crippen LogP contribution in [0.15, 0.2) is 66.7 Å². The Hall–Kier alpha value is -2.24. The number of hydrogen-bond acceptors (Lipinski definition) is 4. The van der Waals surface area contributed by atoms with E-state index in [1.54, 1.807) is 6.07 Å². The van der Waals surface area contributed by atoms with Crippen LogP contribution in [-0.2, 0) is 19.7 Å². The van der Waals surface area contributed by atoms with Gasteiger partial charge in [-0.1, -0.05) is 71.7 Å². The maximum atomic E-state index is 6.35. The number of rotatable bonds is 10. The summed E-state index contributed by atoms with van der Waals surface area (Å²) < 4.78 is 12.1. The zero-order valence-corrected chi connectivity index (χ0v) is 21.1. The summed E-state index contributed by atoms with van der Waals surface area (Å²) in [6.07, 6.45) is 2.27. The molecule has 0 aromatic heterocycles. The smallest absolute Gasteiger partial charge is 0.166 e. The second-order valence-corrected chi connectivity index (χ2v) is 9.46. The van der Waals surface area contributed by atoms with E-state index in [-0.39, 0.29) is 0 Å². The Bertz CT molecular complexity index is 1050. The van der Waals surface area contributed by atoms with Crippen molar-refractivity contribution in [3.05, 3.63) is 93.5 Å². The van der Waals surface area contributed by atoms with Crippen LogP contribution >= 0.6 is 23.2 Å². The van der Waals surface area contributed by atoms with Crippen molar-refractivity contribution in [1.29, 1.82) is 0 Å². The molecule has 0 bridgehead atoms. The van der Waals surface area contributed by atoms with Crippen LogP contribution in [0, 0.1) is 0 Å². The topological polar surface area (TPSA) is 33.7 Å². The van der Waals surface area contributed by atoms with Crippen molar-refractivity contribution in [2.45, 2.75) is 45.5 Å². The summed E-state index contributed by atoms with van der Waals surface area (Å²) in [5.41, 5.74) is 3.36. The standard InChI is InChI=1S/C28H32Cl2N2O2/c1-2-33-27-10-6-9-22(28(27)34-20-23-11-12-24(29)17-26(23)30)18-31-25-13-15-32(16-14-25)19-21-7-4-3-5-8-21/h3-12,17,25,31H,2,13-16,18-20H2,1H3. The van der Waals surface area contributed by atoms with Crippen LogP contribution in [-0.4, -0.2) is 30.6 Å². The van der Waals surface area contributed by atoms with Gasteiger partial charge in [0.25, 0.3) is 0 Å². The molecule has 0 saturated carbocycles. The Labute approximate surface area is 212 Å². The van der Waals surface area contributed by atoms with Gasteiger partial charge in [-0.15, -0.1) is 0 Å². The van der Waals surface area contributed by atoms with Gasteiger partial charge in [-0.05, 0) is 56.6 Å². The normalized spacial score (nSPS) is 14.8. The van der Waals surface area contributed by atoms with Crippen molar-refractivity contribution >= 4 is 23.2 Å². The SMILES string of the molecule is CCOc1cccc(CNC2CCN(Cc3ccccc3)CC2)c1OCc1ccc(Cl)cc1Cl. The third kappa shape index (κ3) is 6.89. The molecule has 1 N–H and O–H groups in total. The maximum absolute atomic E-state index is 6.35. The van der Waals surface area contributed by atoms with Gasteiger partial charge >= 0.3 is 0 Å². The lowest BCUT2D eigenvalue weighted by molar-refractivity contribution is 0.189. The van der Waals surface area contributed by atoms with Crippen molar-refractivity contribution in [3.8, 4) is 11.5 Å². The van der Waals surface area contributed by atoms with Crippen LogP contribution in [0.2, 0.25) is 10.0 Å². The van der Waals surface area contributed by atoms with Gasteiger partial charge in [0.15, 0.2) is 11.5 Å². The summed E-state index contributed by atoms with van der Waals surface area (Å²) >= 11 is 12.4. The fourth-order valence-corrected chi connectivity index (χ4v) is 4.78. The Kier molecular flexibility index (Phi) is 9.11. The van der Waals surface area contributed by atoms with Crippen molar-refractivity contribution < 1.29 is 9.47 Å². The zero-order chi connectivity index (χ0) is 23.8. The molecule has 3 aromatic carbocycles. The van der Waals surface area contributed by atoms with Gasteiger partial charge < -0.3 is 14.8 Å². The average Bonchev–Trinajstić information content (AvgIpc) is 2.85. The van der Waals surface area contributed by atoms with E-state index in [2.05, 4.69) is 46.6 Å². The third-order valence-corrected chi connectivity index (χ3v) is 6.75. The molecule has 1 saturated heterocycles. The van der Waals surface area contributed by atoms with Gasteiger partial charge in [0, 0.05) is 40.3 Å². The Morgan fingerprint density at radius 2 is 1.71 bits per heavy atom. The van der Waals surface area contributed by atoms with Gasteiger partial charge in [0.2, 0.25) is 0 Å². The fourth-order valence-electron chi connectivity index (χ4n) is 4.31. The number of ether oxygens (including phenoxy) is 2. The molecule has 34 heavy (non-hydrogen) atoms. The van der Waals surface area contributed by atoms with Crippen molar-refractivity contribution in [1.82, 2.24) is 10.2 Å². The summed E-state index contributed by atoms with van der Waals surface area (Å²) in [5.74, 6) is 1.52. The molecular weight excluding hydrogens is 467 g/mol. The first-order valence-corrected chi connectivity index (χ1v) is 12.7. The summed E-state index contributed by atoms with van der Waals surface area (Å²) in [6, 6.07) is 22.7. The van der Waals surface area contributed by atoms with E-state index < -0.39 is 0 Å². The lowest BCUT2D eigenvalue weighted by Gasteiger charge is -2.32. The molecule has 0 unspecified atom stereocenters. The quantitative estimate of drug-likeness (QED) is 0.336. The Morgan fingerprint density at radius 1 is 0.912 bits per heavy atom. The highest BCUT2D eigenvalue weighted by Crippen LogP contribution is 2.33. The number of hydrogen-bond donors (Lipinski definition) is 1. The number of nitrogens with zero attached hydrogens (tertiary/aromatic N) is 1. The summed E-state index contributed by atoms with van der Waals surface area (Å²) in [6.45, 7) is 6.87. The first-order valence-electron chi connectivity index (χ1n) is 11.9. The molecule has 0 aliphatic carbocycles. The highest BCUT2D eigenvalue weighted by Gasteiger charge is 2.20. The molecule has 180 valence electrons. The molecule has 0 spiro atoms. The van der Waals surface area contributed by atoms with Gasteiger partial charge in [-0.3, -0.25) is 4.90 Å². The largest absolute Gasteiger partial charge is 0.490 e. The Morgan fingerprint density at radius 3 is 2.44 bits per heavy atom. The van der Waals surface area contributed by atoms with Crippen LogP contribution in [0.5, 0.6) is 11.5 Å². The minimum atomic E-state index is 0.352. The third-order valence-electron chi connectivity index (χ3n) is 6.17. The fraction of sp³-hybridized carbons (Fsp3) is 0.357. The average molecular weight is 499 g/mol. The molecule has 6 heteroatoms. The lowest BCUT2D eigenvalue weighted by atomic mass is 10.0. The van der Waals surface area contributed by atoms with Crippen LogP contribution in [0.4, 0.5) is 0 Å². The molecular formula is C28H32Cl2N2O2. The van der Waals surface area contributed by atoms with E-state index in [4.69, 9.17) is 32.7 Å². The van der Waals surface area contributed by atoms with Crippen molar-refractivity contribution in [2.24, 2.45) is 0 Å². The first kappa shape index (κ1) is 24.9. The van der Waals surface area contributed by atoms with Gasteiger partial charge in [0.05, 0.1) is 6.61 Å². The molecule has 0 radical (unpaired) electrons. The summed E-state index contributed by atoms with van der Waals surface area (Å²) in [7, 11) is 0. The maximum Gasteiger partial charge on any atom is 0.166 e. The number of likely N-dealkylation sites (tertiary alicyclic amines) is 1. The van der Waals surface area contributed by atoms with Crippen molar-refractivity contribution in [2.75, 3.05) is 19.7 Å². The molecule has 0 atom stereocenters. The highest BCUT2D eigenvalue weighted by atomic mass is 35.5. The predicted molar refractivity (Wildman–Crippen MR) is 140 cm³/mol. The number of halogens is 2. The van der Waals surface area contributed by atoms with E-state index in [0.29, 0.717) is 29.3 Å². The minimum Gasteiger partial charge on any atom is -0.490 e.